The molecule has 0 heterocycles. The van der Waals surface area contributed by atoms with E-state index in [0.717, 1.165) is 24.2 Å². The molecule has 3 N–H and O–H groups in total. The maximum atomic E-state index is 5.45. The first-order chi connectivity index (χ1) is 5.85. The highest BCUT2D eigenvalue weighted by molar-refractivity contribution is 5.01. The molecule has 3 atom stereocenters. The number of hydrogen-bond donors (Lipinski definition) is 2. The quantitative estimate of drug-likeness (QED) is 0.369. The van der Waals surface area contributed by atoms with Crippen molar-refractivity contribution in [2.45, 2.75) is 31.7 Å². The van der Waals surface area contributed by atoms with Crippen molar-refractivity contribution in [3.05, 3.63) is 0 Å². The summed E-state index contributed by atoms with van der Waals surface area (Å²) < 4.78 is 0. The predicted octanol–water partition coefficient (Wildman–Crippen LogP) is 0.888. The van der Waals surface area contributed by atoms with E-state index in [2.05, 4.69) is 11.3 Å². The van der Waals surface area contributed by atoms with Gasteiger partial charge in [-0.15, -0.1) is 12.3 Å². The van der Waals surface area contributed by atoms with E-state index < -0.39 is 0 Å². The maximum Gasteiger partial charge on any atom is 0.0348 e. The molecule has 0 bridgehead atoms. The molecule has 0 spiro atoms. The highest BCUT2D eigenvalue weighted by atomic mass is 15.2. The molecule has 0 aromatic carbocycles. The van der Waals surface area contributed by atoms with E-state index in [1.807, 2.05) is 0 Å². The molecule has 0 amide bonds. The van der Waals surface area contributed by atoms with Crippen LogP contribution < -0.4 is 11.3 Å². The van der Waals surface area contributed by atoms with Gasteiger partial charge in [0.25, 0.3) is 0 Å². The molecule has 66 valence electrons. The summed E-state index contributed by atoms with van der Waals surface area (Å²) in [6.45, 7) is 0. The number of fused-ring (bicyclic) bond motifs is 1. The van der Waals surface area contributed by atoms with E-state index in [1.54, 1.807) is 0 Å². The van der Waals surface area contributed by atoms with E-state index in [0.29, 0.717) is 6.04 Å². The Morgan fingerprint density at radius 2 is 2.08 bits per heavy atom. The fourth-order valence-electron chi connectivity index (χ4n) is 2.58. The molecule has 2 rings (SSSR count). The van der Waals surface area contributed by atoms with Crippen LogP contribution >= 0.6 is 0 Å². The minimum Gasteiger partial charge on any atom is -0.271 e. The fourth-order valence-corrected chi connectivity index (χ4v) is 2.58. The van der Waals surface area contributed by atoms with Gasteiger partial charge in [-0.3, -0.25) is 11.3 Å². The van der Waals surface area contributed by atoms with E-state index in [1.165, 1.54) is 19.3 Å². The number of terminal acetylenes is 1. The summed E-state index contributed by atoms with van der Waals surface area (Å²) >= 11 is 0. The first-order valence-electron chi connectivity index (χ1n) is 4.74. The van der Waals surface area contributed by atoms with Crippen LogP contribution in [0.4, 0.5) is 0 Å². The Bertz CT molecular complexity index is 196. The predicted molar refractivity (Wildman–Crippen MR) is 48.9 cm³/mol. The number of hydrogen-bond acceptors (Lipinski definition) is 2. The van der Waals surface area contributed by atoms with E-state index in [4.69, 9.17) is 12.3 Å². The van der Waals surface area contributed by atoms with Crippen molar-refractivity contribution in [2.24, 2.45) is 23.6 Å². The minimum absolute atomic E-state index is 0.364. The van der Waals surface area contributed by atoms with Gasteiger partial charge < -0.3 is 0 Å². The van der Waals surface area contributed by atoms with Crippen molar-refractivity contribution < 1.29 is 0 Å². The zero-order valence-corrected chi connectivity index (χ0v) is 7.29. The lowest BCUT2D eigenvalue weighted by atomic mass is 9.93. The van der Waals surface area contributed by atoms with Gasteiger partial charge in [-0.2, -0.15) is 0 Å². The van der Waals surface area contributed by atoms with Gasteiger partial charge in [0.15, 0.2) is 0 Å². The zero-order chi connectivity index (χ0) is 8.55. The molecule has 0 aromatic heterocycles. The Morgan fingerprint density at radius 1 is 1.42 bits per heavy atom. The molecule has 2 aliphatic rings. The molecule has 2 heteroatoms. The third-order valence-corrected chi connectivity index (χ3v) is 3.40. The zero-order valence-electron chi connectivity index (χ0n) is 7.29. The van der Waals surface area contributed by atoms with Crippen LogP contribution in [0, 0.1) is 30.1 Å². The minimum atomic E-state index is 0.364. The van der Waals surface area contributed by atoms with Gasteiger partial charge in [0.05, 0.1) is 0 Å². The molecule has 2 saturated carbocycles. The summed E-state index contributed by atoms with van der Waals surface area (Å²) in [6, 6.07) is 0.364. The lowest BCUT2D eigenvalue weighted by Gasteiger charge is -2.21. The number of nitrogens with one attached hydrogen (secondary N) is 1. The molecule has 0 saturated heterocycles. The average Bonchev–Trinajstić information content (AvgIpc) is 2.70. The monoisotopic (exact) mass is 164 g/mol. The largest absolute Gasteiger partial charge is 0.271 e. The molecule has 12 heavy (non-hydrogen) atoms. The summed E-state index contributed by atoms with van der Waals surface area (Å²) in [5.41, 5.74) is 2.84. The van der Waals surface area contributed by atoms with Crippen molar-refractivity contribution >= 4 is 0 Å². The normalized spacial score (nSPS) is 40.2. The molecular weight excluding hydrogens is 148 g/mol. The molecular formula is C10H16N2. The molecule has 3 unspecified atom stereocenters. The van der Waals surface area contributed by atoms with Gasteiger partial charge in [0.1, 0.15) is 0 Å². The third-order valence-electron chi connectivity index (χ3n) is 3.40. The van der Waals surface area contributed by atoms with Crippen molar-refractivity contribution in [3.8, 4) is 12.3 Å². The number of nitrogens with two attached hydrogens (primary N) is 1. The smallest absolute Gasteiger partial charge is 0.0348 e. The van der Waals surface area contributed by atoms with Crippen molar-refractivity contribution in [3.63, 3.8) is 0 Å². The lowest BCUT2D eigenvalue weighted by Crippen LogP contribution is -2.40. The number of hydrazine groups is 1. The highest BCUT2D eigenvalue weighted by Gasteiger charge is 2.47. The number of rotatable bonds is 3. The molecule has 2 aliphatic carbocycles. The Hall–Kier alpha value is -0.520. The Kier molecular flexibility index (Phi) is 2.08. The van der Waals surface area contributed by atoms with Gasteiger partial charge in [0.2, 0.25) is 0 Å². The fraction of sp³-hybridized carbons (Fsp3) is 0.800. The first-order valence-corrected chi connectivity index (χ1v) is 4.74. The maximum absolute atomic E-state index is 5.45. The second kappa shape index (κ2) is 3.08. The van der Waals surface area contributed by atoms with Gasteiger partial charge in [-0.25, -0.2) is 0 Å². The standard InChI is InChI=1S/C10H16N2/c1-2-3-10(12-11)9-5-7-4-8(7)6-9/h1,7-10,12H,3-6,11H2. The summed E-state index contributed by atoms with van der Waals surface area (Å²) in [5.74, 6) is 10.9. The van der Waals surface area contributed by atoms with Gasteiger partial charge >= 0.3 is 0 Å². The van der Waals surface area contributed by atoms with E-state index in [9.17, 15) is 0 Å². The summed E-state index contributed by atoms with van der Waals surface area (Å²) in [6.07, 6.45) is 10.2. The average molecular weight is 164 g/mol. The van der Waals surface area contributed by atoms with Crippen LogP contribution in [-0.2, 0) is 0 Å². The van der Waals surface area contributed by atoms with Crippen molar-refractivity contribution in [1.29, 1.82) is 0 Å². The first kappa shape index (κ1) is 8.10. The third kappa shape index (κ3) is 1.35. The van der Waals surface area contributed by atoms with Crippen LogP contribution in [0.2, 0.25) is 0 Å². The van der Waals surface area contributed by atoms with Crippen LogP contribution in [-0.4, -0.2) is 6.04 Å². The van der Waals surface area contributed by atoms with Gasteiger partial charge in [0, 0.05) is 12.5 Å². The van der Waals surface area contributed by atoms with Gasteiger partial charge in [-0.05, 0) is 37.0 Å². The molecule has 2 nitrogen and oxygen atoms in total. The van der Waals surface area contributed by atoms with Gasteiger partial charge in [-0.1, -0.05) is 0 Å². The Labute approximate surface area is 73.9 Å². The van der Waals surface area contributed by atoms with Crippen LogP contribution in [0.1, 0.15) is 25.7 Å². The highest BCUT2D eigenvalue weighted by Crippen LogP contribution is 2.55. The molecule has 2 fully saturated rings. The van der Waals surface area contributed by atoms with Crippen LogP contribution in [0.15, 0.2) is 0 Å². The van der Waals surface area contributed by atoms with Crippen LogP contribution in [0.3, 0.4) is 0 Å². The summed E-state index contributed by atoms with van der Waals surface area (Å²) in [5, 5.41) is 0. The van der Waals surface area contributed by atoms with Crippen LogP contribution in [0.5, 0.6) is 0 Å². The molecule has 0 radical (unpaired) electrons. The van der Waals surface area contributed by atoms with Crippen LogP contribution in [0.25, 0.3) is 0 Å². The van der Waals surface area contributed by atoms with Crippen molar-refractivity contribution in [1.82, 2.24) is 5.43 Å². The molecule has 0 aromatic rings. The lowest BCUT2D eigenvalue weighted by molar-refractivity contribution is 0.343. The second-order valence-electron chi connectivity index (χ2n) is 4.17. The second-order valence-corrected chi connectivity index (χ2v) is 4.17. The SMILES string of the molecule is C#CCC(NN)C1CC2CC2C1. The van der Waals surface area contributed by atoms with Crippen molar-refractivity contribution in [2.75, 3.05) is 0 Å². The Morgan fingerprint density at radius 3 is 2.58 bits per heavy atom. The molecule has 0 aliphatic heterocycles. The Balaban J connectivity index is 1.86. The summed E-state index contributed by atoms with van der Waals surface area (Å²) in [7, 11) is 0. The van der Waals surface area contributed by atoms with E-state index >= 15 is 0 Å². The summed E-state index contributed by atoms with van der Waals surface area (Å²) in [4.78, 5) is 0. The van der Waals surface area contributed by atoms with E-state index in [-0.39, 0.29) is 0 Å². The topological polar surface area (TPSA) is 38.0 Å².